The first-order valence-corrected chi connectivity index (χ1v) is 10.8. The van der Waals surface area contributed by atoms with E-state index in [9.17, 15) is 9.59 Å². The number of carbonyl (C=O) groups excluding carboxylic acids is 1. The van der Waals surface area contributed by atoms with Crippen LogP contribution in [0.2, 0.25) is 0 Å². The Morgan fingerprint density at radius 3 is 1.40 bits per heavy atom. The summed E-state index contributed by atoms with van der Waals surface area (Å²) in [6.07, 6.45) is 1.44. The van der Waals surface area contributed by atoms with Crippen molar-refractivity contribution in [2.24, 2.45) is 10.8 Å². The van der Waals surface area contributed by atoms with Gasteiger partial charge in [0.25, 0.3) is 0 Å². The van der Waals surface area contributed by atoms with Crippen LogP contribution in [-0.2, 0) is 9.59 Å². The summed E-state index contributed by atoms with van der Waals surface area (Å²) in [6.45, 7) is 11.5. The Kier molecular flexibility index (Phi) is 9.77. The molecule has 2 aromatic rings. The van der Waals surface area contributed by atoms with Crippen molar-refractivity contribution < 1.29 is 14.7 Å². The van der Waals surface area contributed by atoms with Crippen LogP contribution in [-0.4, -0.2) is 16.3 Å². The molecule has 0 aliphatic rings. The maximum absolute atomic E-state index is 11.2. The molecule has 0 heterocycles. The van der Waals surface area contributed by atoms with Crippen molar-refractivity contribution in [3.05, 3.63) is 71.8 Å². The number of carboxylic acid groups (broad SMARTS) is 1. The number of hydrogen-bond donors (Lipinski definition) is 1. The number of benzene rings is 2. The van der Waals surface area contributed by atoms with E-state index < -0.39 is 16.8 Å². The van der Waals surface area contributed by atoms with E-state index in [0.29, 0.717) is 12.3 Å². The van der Waals surface area contributed by atoms with Crippen molar-refractivity contribution in [3.63, 3.8) is 0 Å². The van der Waals surface area contributed by atoms with Crippen LogP contribution in [0.3, 0.4) is 0 Å². The maximum atomic E-state index is 11.2. The first-order chi connectivity index (χ1) is 13.9. The highest BCUT2D eigenvalue weighted by Gasteiger charge is 2.29. The van der Waals surface area contributed by atoms with Gasteiger partial charge in [0.1, 0.15) is 0 Å². The lowest BCUT2D eigenvalue weighted by atomic mass is 9.81. The summed E-state index contributed by atoms with van der Waals surface area (Å²) in [6, 6.07) is 20.2. The highest BCUT2D eigenvalue weighted by Crippen LogP contribution is 2.33. The molecular weight excluding hydrogens is 396 g/mol. The Morgan fingerprint density at radius 1 is 0.767 bits per heavy atom. The van der Waals surface area contributed by atoms with Crippen molar-refractivity contribution in [3.8, 4) is 0 Å². The Morgan fingerprint density at radius 2 is 1.10 bits per heavy atom. The smallest absolute Gasteiger partial charge is 0.309 e. The number of carboxylic acids is 1. The fourth-order valence-electron chi connectivity index (χ4n) is 3.50. The highest BCUT2D eigenvalue weighted by atomic mass is 35.5. The molecule has 2 aromatic carbocycles. The molecule has 0 aromatic heterocycles. The molecule has 2 unspecified atom stereocenters. The van der Waals surface area contributed by atoms with Gasteiger partial charge < -0.3 is 5.11 Å². The summed E-state index contributed by atoms with van der Waals surface area (Å²) < 4.78 is 0. The molecule has 0 aliphatic carbocycles. The maximum Gasteiger partial charge on any atom is 0.309 e. The zero-order valence-electron chi connectivity index (χ0n) is 19.0. The van der Waals surface area contributed by atoms with Crippen LogP contribution < -0.4 is 0 Å². The second-order valence-corrected chi connectivity index (χ2v) is 9.72. The minimum Gasteiger partial charge on any atom is -0.481 e. The molecule has 0 saturated carbocycles. The third kappa shape index (κ3) is 8.31. The Bertz CT molecular complexity index is 728. The standard InChI is InChI=1S/C13H17ClO.C13H18O2/c2*1-10(9-13(2,3)12(14)15)11-7-5-4-6-8-11/h4-8,10H,9H2,1-3H3;4-8,10H,9H2,1-3H3,(H,14,15). The van der Waals surface area contributed by atoms with E-state index in [2.05, 4.69) is 26.0 Å². The monoisotopic (exact) mass is 430 g/mol. The van der Waals surface area contributed by atoms with E-state index in [1.54, 1.807) is 13.8 Å². The van der Waals surface area contributed by atoms with E-state index in [1.165, 1.54) is 11.1 Å². The van der Waals surface area contributed by atoms with Crippen molar-refractivity contribution in [2.45, 2.75) is 66.2 Å². The van der Waals surface area contributed by atoms with E-state index >= 15 is 0 Å². The Balaban J connectivity index is 0.000000300. The lowest BCUT2D eigenvalue weighted by Crippen LogP contribution is -2.25. The Hall–Kier alpha value is -2.13. The molecule has 30 heavy (non-hydrogen) atoms. The molecular formula is C26H35ClO3. The van der Waals surface area contributed by atoms with Gasteiger partial charge in [-0.15, -0.1) is 0 Å². The molecule has 164 valence electrons. The van der Waals surface area contributed by atoms with E-state index in [-0.39, 0.29) is 11.2 Å². The van der Waals surface area contributed by atoms with E-state index in [1.807, 2.05) is 62.4 Å². The molecule has 0 saturated heterocycles. The number of aliphatic carboxylic acids is 1. The lowest BCUT2D eigenvalue weighted by Gasteiger charge is -2.24. The van der Waals surface area contributed by atoms with Crippen LogP contribution in [0.5, 0.6) is 0 Å². The second-order valence-electron chi connectivity index (χ2n) is 9.38. The lowest BCUT2D eigenvalue weighted by molar-refractivity contribution is -0.147. The third-order valence-electron chi connectivity index (χ3n) is 5.48. The minimum absolute atomic E-state index is 0.259. The fourth-order valence-corrected chi connectivity index (χ4v) is 3.57. The van der Waals surface area contributed by atoms with Crippen LogP contribution >= 0.6 is 11.6 Å². The van der Waals surface area contributed by atoms with Crippen molar-refractivity contribution >= 4 is 22.8 Å². The summed E-state index contributed by atoms with van der Waals surface area (Å²) in [5.74, 6) is -0.105. The quantitative estimate of drug-likeness (QED) is 0.448. The van der Waals surface area contributed by atoms with Gasteiger partial charge in [0, 0.05) is 5.41 Å². The molecule has 0 spiro atoms. The minimum atomic E-state index is -0.731. The van der Waals surface area contributed by atoms with Crippen molar-refractivity contribution in [1.29, 1.82) is 0 Å². The zero-order chi connectivity index (χ0) is 22.9. The van der Waals surface area contributed by atoms with E-state index in [4.69, 9.17) is 16.7 Å². The van der Waals surface area contributed by atoms with Crippen molar-refractivity contribution in [1.82, 2.24) is 0 Å². The van der Waals surface area contributed by atoms with Crippen LogP contribution in [0.4, 0.5) is 0 Å². The molecule has 2 atom stereocenters. The average molecular weight is 431 g/mol. The molecule has 4 heteroatoms. The molecule has 0 amide bonds. The fraction of sp³-hybridized carbons (Fsp3) is 0.462. The summed E-state index contributed by atoms with van der Waals surface area (Å²) in [7, 11) is 0. The van der Waals surface area contributed by atoms with Crippen LogP contribution in [0.1, 0.15) is 77.3 Å². The van der Waals surface area contributed by atoms with Gasteiger partial charge in [-0.25, -0.2) is 0 Å². The normalized spacial score (nSPS) is 13.6. The summed E-state index contributed by atoms with van der Waals surface area (Å²) in [5.41, 5.74) is 1.35. The van der Waals surface area contributed by atoms with Gasteiger partial charge in [-0.1, -0.05) is 88.4 Å². The van der Waals surface area contributed by atoms with E-state index in [0.717, 1.165) is 6.42 Å². The molecule has 0 aliphatic heterocycles. The number of carbonyl (C=O) groups is 2. The first kappa shape index (κ1) is 25.9. The predicted molar refractivity (Wildman–Crippen MR) is 125 cm³/mol. The summed E-state index contributed by atoms with van der Waals surface area (Å²) in [4.78, 5) is 22.2. The van der Waals surface area contributed by atoms with Gasteiger partial charge in [0.05, 0.1) is 5.41 Å². The third-order valence-corrected chi connectivity index (χ3v) is 5.99. The van der Waals surface area contributed by atoms with Gasteiger partial charge in [-0.05, 0) is 61.3 Å². The molecule has 1 N–H and O–H groups in total. The topological polar surface area (TPSA) is 54.4 Å². The van der Waals surface area contributed by atoms with Crippen LogP contribution in [0, 0.1) is 10.8 Å². The molecule has 2 rings (SSSR count). The number of rotatable bonds is 8. The largest absolute Gasteiger partial charge is 0.481 e. The SMILES string of the molecule is CC(CC(C)(C)C(=O)Cl)c1ccccc1.CC(CC(C)(C)C(=O)O)c1ccccc1. The van der Waals surface area contributed by atoms with Crippen molar-refractivity contribution in [2.75, 3.05) is 0 Å². The summed E-state index contributed by atoms with van der Waals surface area (Å²) >= 11 is 5.56. The van der Waals surface area contributed by atoms with Gasteiger partial charge in [-0.3, -0.25) is 9.59 Å². The predicted octanol–water partition coefficient (Wildman–Crippen LogP) is 7.26. The van der Waals surface area contributed by atoms with Gasteiger partial charge in [-0.2, -0.15) is 0 Å². The molecule has 3 nitrogen and oxygen atoms in total. The Labute approximate surface area is 186 Å². The zero-order valence-corrected chi connectivity index (χ0v) is 19.7. The summed E-state index contributed by atoms with van der Waals surface area (Å²) in [5, 5.41) is 8.78. The number of halogens is 1. The molecule has 0 bridgehead atoms. The highest BCUT2D eigenvalue weighted by molar-refractivity contribution is 6.64. The molecule has 0 fully saturated rings. The first-order valence-electron chi connectivity index (χ1n) is 10.4. The van der Waals surface area contributed by atoms with Gasteiger partial charge in [0.2, 0.25) is 5.24 Å². The second kappa shape index (κ2) is 11.3. The number of hydrogen-bond acceptors (Lipinski definition) is 2. The van der Waals surface area contributed by atoms with Gasteiger partial charge >= 0.3 is 5.97 Å². The van der Waals surface area contributed by atoms with Gasteiger partial charge in [0.15, 0.2) is 0 Å². The van der Waals surface area contributed by atoms with Crippen LogP contribution in [0.15, 0.2) is 60.7 Å². The molecule has 0 radical (unpaired) electrons. The van der Waals surface area contributed by atoms with Crippen LogP contribution in [0.25, 0.3) is 0 Å². The average Bonchev–Trinajstić information content (AvgIpc) is 2.69.